The number of para-hydroxylation sites is 1. The van der Waals surface area contributed by atoms with E-state index >= 15 is 0 Å². The summed E-state index contributed by atoms with van der Waals surface area (Å²) in [7, 11) is 0.946. The molecule has 0 saturated carbocycles. The van der Waals surface area contributed by atoms with Crippen LogP contribution in [0.5, 0.6) is 5.75 Å². The molecular weight excluding hydrogens is 323 g/mol. The van der Waals surface area contributed by atoms with Gasteiger partial charge in [0.1, 0.15) is 22.9 Å². The van der Waals surface area contributed by atoms with Crippen LogP contribution in [0.15, 0.2) is 36.4 Å². The third kappa shape index (κ3) is 3.77. The van der Waals surface area contributed by atoms with Gasteiger partial charge in [-0.15, -0.1) is 13.2 Å². The summed E-state index contributed by atoms with van der Waals surface area (Å²) >= 11 is 0. The van der Waals surface area contributed by atoms with E-state index in [0.717, 1.165) is 25.3 Å². The number of hydrogen-bond acceptors (Lipinski definition) is 3. The van der Waals surface area contributed by atoms with E-state index in [2.05, 4.69) is 9.47 Å². The largest absolute Gasteiger partial charge is 0.573 e. The molecule has 0 aromatic heterocycles. The van der Waals surface area contributed by atoms with Gasteiger partial charge in [0.05, 0.1) is 7.11 Å². The minimum absolute atomic E-state index is 0.181. The molecule has 0 fully saturated rings. The first-order chi connectivity index (χ1) is 10.7. The SMILES string of the molecule is COC(=O)c1c(F)cc(-c2ccccc2OC(F)(F)F)cc1F. The van der Waals surface area contributed by atoms with E-state index in [0.29, 0.717) is 0 Å². The molecule has 8 heteroatoms. The lowest BCUT2D eigenvalue weighted by atomic mass is 10.0. The van der Waals surface area contributed by atoms with Gasteiger partial charge in [-0.05, 0) is 23.8 Å². The Morgan fingerprint density at radius 1 is 1.04 bits per heavy atom. The highest BCUT2D eigenvalue weighted by Gasteiger charge is 2.32. The number of hydrogen-bond donors (Lipinski definition) is 0. The Balaban J connectivity index is 2.54. The van der Waals surface area contributed by atoms with Crippen LogP contribution in [0.1, 0.15) is 10.4 Å². The predicted molar refractivity (Wildman–Crippen MR) is 69.8 cm³/mol. The van der Waals surface area contributed by atoms with Crippen LogP contribution in [0.2, 0.25) is 0 Å². The van der Waals surface area contributed by atoms with E-state index in [9.17, 15) is 26.7 Å². The van der Waals surface area contributed by atoms with Crippen LogP contribution in [0, 0.1) is 11.6 Å². The van der Waals surface area contributed by atoms with Crippen molar-refractivity contribution in [2.24, 2.45) is 0 Å². The quantitative estimate of drug-likeness (QED) is 0.620. The molecule has 23 heavy (non-hydrogen) atoms. The van der Waals surface area contributed by atoms with Crippen molar-refractivity contribution in [3.05, 3.63) is 53.6 Å². The fourth-order valence-corrected chi connectivity index (χ4v) is 1.94. The Bertz CT molecular complexity index is 717. The van der Waals surface area contributed by atoms with Crippen LogP contribution in [-0.2, 0) is 4.74 Å². The number of rotatable bonds is 3. The highest BCUT2D eigenvalue weighted by molar-refractivity contribution is 5.91. The maximum atomic E-state index is 13.9. The molecule has 2 rings (SSSR count). The number of benzene rings is 2. The molecule has 0 amide bonds. The van der Waals surface area contributed by atoms with E-state index in [-0.39, 0.29) is 11.1 Å². The maximum Gasteiger partial charge on any atom is 0.573 e. The molecule has 0 atom stereocenters. The van der Waals surface area contributed by atoms with Crippen LogP contribution in [0.3, 0.4) is 0 Å². The van der Waals surface area contributed by atoms with Gasteiger partial charge in [0.25, 0.3) is 0 Å². The second kappa shape index (κ2) is 6.23. The molecule has 0 heterocycles. The Labute approximate surface area is 127 Å². The van der Waals surface area contributed by atoms with Crippen molar-refractivity contribution in [3.63, 3.8) is 0 Å². The summed E-state index contributed by atoms with van der Waals surface area (Å²) in [5.74, 6) is -4.36. The van der Waals surface area contributed by atoms with Crippen molar-refractivity contribution < 1.29 is 36.2 Å². The number of carbonyl (C=O) groups is 1. The van der Waals surface area contributed by atoms with Gasteiger partial charge in [-0.1, -0.05) is 18.2 Å². The number of methoxy groups -OCH3 is 1. The number of esters is 1. The van der Waals surface area contributed by atoms with Gasteiger partial charge in [0.2, 0.25) is 0 Å². The van der Waals surface area contributed by atoms with Gasteiger partial charge in [-0.3, -0.25) is 0 Å². The molecule has 0 radical (unpaired) electrons. The third-order valence-electron chi connectivity index (χ3n) is 2.86. The zero-order valence-corrected chi connectivity index (χ0v) is 11.6. The first-order valence-corrected chi connectivity index (χ1v) is 6.15. The van der Waals surface area contributed by atoms with Crippen molar-refractivity contribution in [1.82, 2.24) is 0 Å². The number of halogens is 5. The van der Waals surface area contributed by atoms with Crippen molar-refractivity contribution in [2.75, 3.05) is 7.11 Å². The smallest absolute Gasteiger partial charge is 0.465 e. The summed E-state index contributed by atoms with van der Waals surface area (Å²) in [6.07, 6.45) is -4.96. The fourth-order valence-electron chi connectivity index (χ4n) is 1.94. The second-order valence-electron chi connectivity index (χ2n) is 4.35. The summed E-state index contributed by atoms with van der Waals surface area (Å²) in [4.78, 5) is 11.3. The molecular formula is C15H9F5O3. The number of carbonyl (C=O) groups excluding carboxylic acids is 1. The van der Waals surface area contributed by atoms with Crippen LogP contribution in [-0.4, -0.2) is 19.4 Å². The summed E-state index contributed by atoms with van der Waals surface area (Å²) in [6, 6.07) is 6.32. The molecule has 2 aromatic rings. The molecule has 122 valence electrons. The van der Waals surface area contributed by atoms with E-state index in [4.69, 9.17) is 0 Å². The standard InChI is InChI=1S/C15H9F5O3/c1-22-14(21)13-10(16)6-8(7-11(13)17)9-4-2-3-5-12(9)23-15(18,19)20/h2-7H,1H3. The van der Waals surface area contributed by atoms with E-state index in [1.54, 1.807) is 0 Å². The summed E-state index contributed by atoms with van der Waals surface area (Å²) in [5, 5.41) is 0. The van der Waals surface area contributed by atoms with Crippen LogP contribution < -0.4 is 4.74 Å². The summed E-state index contributed by atoms with van der Waals surface area (Å²) in [5.41, 5.74) is -1.32. The first-order valence-electron chi connectivity index (χ1n) is 6.15. The van der Waals surface area contributed by atoms with E-state index in [1.807, 2.05) is 0 Å². The molecule has 0 aliphatic heterocycles. The zero-order valence-electron chi connectivity index (χ0n) is 11.6. The van der Waals surface area contributed by atoms with Gasteiger partial charge in [-0.2, -0.15) is 0 Å². The van der Waals surface area contributed by atoms with Gasteiger partial charge >= 0.3 is 12.3 Å². The lowest BCUT2D eigenvalue weighted by Crippen LogP contribution is -2.17. The van der Waals surface area contributed by atoms with Crippen LogP contribution in [0.25, 0.3) is 11.1 Å². The molecule has 0 bridgehead atoms. The van der Waals surface area contributed by atoms with Gasteiger partial charge in [0, 0.05) is 5.56 Å². The molecule has 0 spiro atoms. The lowest BCUT2D eigenvalue weighted by Gasteiger charge is -2.14. The fraction of sp³-hybridized carbons (Fsp3) is 0.133. The monoisotopic (exact) mass is 332 g/mol. The molecule has 3 nitrogen and oxygen atoms in total. The third-order valence-corrected chi connectivity index (χ3v) is 2.86. The summed E-state index contributed by atoms with van der Waals surface area (Å²) < 4.78 is 73.0. The minimum Gasteiger partial charge on any atom is -0.465 e. The van der Waals surface area contributed by atoms with Crippen LogP contribution >= 0.6 is 0 Å². The Hall–Kier alpha value is -2.64. The first kappa shape index (κ1) is 16.7. The topological polar surface area (TPSA) is 35.5 Å². The molecule has 0 aliphatic rings. The number of ether oxygens (including phenoxy) is 2. The summed E-state index contributed by atoms with van der Waals surface area (Å²) in [6.45, 7) is 0. The molecule has 0 aliphatic carbocycles. The normalized spacial score (nSPS) is 11.2. The highest BCUT2D eigenvalue weighted by Crippen LogP contribution is 2.35. The van der Waals surface area contributed by atoms with E-state index in [1.165, 1.54) is 18.2 Å². The molecule has 0 saturated heterocycles. The van der Waals surface area contributed by atoms with Crippen molar-refractivity contribution in [1.29, 1.82) is 0 Å². The lowest BCUT2D eigenvalue weighted by molar-refractivity contribution is -0.274. The number of alkyl halides is 3. The van der Waals surface area contributed by atoms with Gasteiger partial charge in [-0.25, -0.2) is 13.6 Å². The second-order valence-corrected chi connectivity index (χ2v) is 4.35. The van der Waals surface area contributed by atoms with Crippen LogP contribution in [0.4, 0.5) is 22.0 Å². The Kier molecular flexibility index (Phi) is 4.53. The average molecular weight is 332 g/mol. The van der Waals surface area contributed by atoms with Crippen molar-refractivity contribution in [3.8, 4) is 16.9 Å². The molecule has 0 unspecified atom stereocenters. The van der Waals surface area contributed by atoms with Gasteiger partial charge < -0.3 is 9.47 Å². The zero-order chi connectivity index (χ0) is 17.2. The Morgan fingerprint density at radius 3 is 2.13 bits per heavy atom. The molecule has 0 N–H and O–H groups in total. The van der Waals surface area contributed by atoms with E-state index < -0.39 is 35.3 Å². The minimum atomic E-state index is -4.96. The van der Waals surface area contributed by atoms with Crippen molar-refractivity contribution in [2.45, 2.75) is 6.36 Å². The van der Waals surface area contributed by atoms with Crippen molar-refractivity contribution >= 4 is 5.97 Å². The Morgan fingerprint density at radius 2 is 1.61 bits per heavy atom. The maximum absolute atomic E-state index is 13.9. The average Bonchev–Trinajstić information content (AvgIpc) is 2.45. The highest BCUT2D eigenvalue weighted by atomic mass is 19.4. The molecule has 2 aromatic carbocycles. The van der Waals surface area contributed by atoms with Gasteiger partial charge in [0.15, 0.2) is 0 Å². The predicted octanol–water partition coefficient (Wildman–Crippen LogP) is 4.32.